The van der Waals surface area contributed by atoms with Gasteiger partial charge in [-0.1, -0.05) is 12.1 Å². The SMILES string of the molecule is Cc1ccc(C(=O)Nc2cc(N3CCN(C)CC3)cc(C(F)(F)F)c2)cc1CC(=O)c1cncc(-c2cccs2)c1. The molecule has 0 saturated carbocycles. The molecule has 2 aromatic heterocycles. The topological polar surface area (TPSA) is 65.5 Å². The summed E-state index contributed by atoms with van der Waals surface area (Å²) < 4.78 is 41.2. The number of likely N-dealkylation sites (N-methyl/N-ethyl adjacent to an activating group) is 1. The standard InChI is InChI=1S/C31H29F3N4O2S/c1-20-5-6-21(12-22(20)14-28(39)23-13-24(19-35-18-23)29-4-3-11-41-29)30(40)36-26-15-25(31(32,33)34)16-27(17-26)38-9-7-37(2)8-10-38/h3-6,11-13,15-19H,7-10,14H2,1-2H3,(H,36,40). The van der Waals surface area contributed by atoms with E-state index in [1.807, 2.05) is 36.4 Å². The smallest absolute Gasteiger partial charge is 0.369 e. The fourth-order valence-electron chi connectivity index (χ4n) is 4.75. The molecular formula is C31H29F3N4O2S. The van der Waals surface area contributed by atoms with Crippen LogP contribution in [0.5, 0.6) is 0 Å². The molecule has 6 nitrogen and oxygen atoms in total. The average Bonchev–Trinajstić information content (AvgIpc) is 3.49. The van der Waals surface area contributed by atoms with Crippen LogP contribution >= 0.6 is 11.3 Å². The number of hydrogen-bond acceptors (Lipinski definition) is 6. The quantitative estimate of drug-likeness (QED) is 0.252. The molecule has 0 spiro atoms. The highest BCUT2D eigenvalue weighted by Gasteiger charge is 2.32. The van der Waals surface area contributed by atoms with Crippen LogP contribution in [0.4, 0.5) is 24.5 Å². The molecule has 0 aliphatic carbocycles. The van der Waals surface area contributed by atoms with Crippen molar-refractivity contribution in [3.05, 3.63) is 100 Å². The fourth-order valence-corrected chi connectivity index (χ4v) is 5.45. The lowest BCUT2D eigenvalue weighted by Crippen LogP contribution is -2.44. The van der Waals surface area contributed by atoms with Gasteiger partial charge in [-0.05, 0) is 72.9 Å². The number of nitrogens with one attached hydrogen (secondary N) is 1. The first-order valence-corrected chi connectivity index (χ1v) is 14.0. The van der Waals surface area contributed by atoms with Crippen molar-refractivity contribution in [3.8, 4) is 10.4 Å². The van der Waals surface area contributed by atoms with Crippen molar-refractivity contribution in [1.29, 1.82) is 0 Å². The summed E-state index contributed by atoms with van der Waals surface area (Å²) in [4.78, 5) is 35.6. The molecular weight excluding hydrogens is 549 g/mol. The van der Waals surface area contributed by atoms with E-state index in [0.717, 1.165) is 41.2 Å². The van der Waals surface area contributed by atoms with E-state index >= 15 is 0 Å². The van der Waals surface area contributed by atoms with Crippen molar-refractivity contribution in [3.63, 3.8) is 0 Å². The summed E-state index contributed by atoms with van der Waals surface area (Å²) in [6, 6.07) is 14.3. The molecule has 5 rings (SSSR count). The van der Waals surface area contributed by atoms with Crippen molar-refractivity contribution >= 4 is 34.4 Å². The molecule has 3 heterocycles. The van der Waals surface area contributed by atoms with Crippen molar-refractivity contribution < 1.29 is 22.8 Å². The molecule has 1 fully saturated rings. The number of carbonyl (C=O) groups excluding carboxylic acids is 2. The van der Waals surface area contributed by atoms with Crippen LogP contribution in [0.2, 0.25) is 0 Å². The molecule has 0 atom stereocenters. The minimum atomic E-state index is -4.56. The monoisotopic (exact) mass is 578 g/mol. The van der Waals surface area contributed by atoms with Gasteiger partial charge >= 0.3 is 6.18 Å². The van der Waals surface area contributed by atoms with Crippen LogP contribution in [-0.2, 0) is 12.6 Å². The van der Waals surface area contributed by atoms with Gasteiger partial charge in [0, 0.05) is 77.9 Å². The number of ketones is 1. The van der Waals surface area contributed by atoms with Crippen molar-refractivity contribution in [2.75, 3.05) is 43.4 Å². The number of anilines is 2. The molecule has 41 heavy (non-hydrogen) atoms. The molecule has 212 valence electrons. The Morgan fingerprint density at radius 2 is 1.76 bits per heavy atom. The molecule has 10 heteroatoms. The number of nitrogens with zero attached hydrogens (tertiary/aromatic N) is 3. The number of alkyl halides is 3. The number of piperazine rings is 1. The number of pyridine rings is 1. The van der Waals surface area contributed by atoms with Crippen molar-refractivity contribution in [2.24, 2.45) is 0 Å². The van der Waals surface area contributed by atoms with E-state index in [9.17, 15) is 22.8 Å². The van der Waals surface area contributed by atoms with Crippen LogP contribution in [0.1, 0.15) is 37.4 Å². The Hall–Kier alpha value is -4.02. The molecule has 1 N–H and O–H groups in total. The van der Waals surface area contributed by atoms with Gasteiger partial charge in [0.1, 0.15) is 0 Å². The third-order valence-corrected chi connectivity index (χ3v) is 8.12. The van der Waals surface area contributed by atoms with Gasteiger partial charge in [0.25, 0.3) is 5.91 Å². The predicted molar refractivity (Wildman–Crippen MR) is 156 cm³/mol. The Balaban J connectivity index is 1.35. The van der Waals surface area contributed by atoms with Crippen LogP contribution in [0.3, 0.4) is 0 Å². The van der Waals surface area contributed by atoms with E-state index in [4.69, 9.17) is 0 Å². The summed E-state index contributed by atoms with van der Waals surface area (Å²) in [7, 11) is 1.97. The van der Waals surface area contributed by atoms with Gasteiger partial charge in [-0.15, -0.1) is 11.3 Å². The number of thiophene rings is 1. The second kappa shape index (κ2) is 11.8. The number of benzene rings is 2. The Morgan fingerprint density at radius 1 is 0.976 bits per heavy atom. The number of rotatable bonds is 7. The summed E-state index contributed by atoms with van der Waals surface area (Å²) in [5.74, 6) is -0.699. The second-order valence-electron chi connectivity index (χ2n) is 10.2. The van der Waals surface area contributed by atoms with E-state index in [1.54, 1.807) is 47.9 Å². The highest BCUT2D eigenvalue weighted by Crippen LogP contribution is 2.35. The first kappa shape index (κ1) is 28.5. The number of hydrogen-bond donors (Lipinski definition) is 1. The van der Waals surface area contributed by atoms with Gasteiger partial charge in [-0.2, -0.15) is 13.2 Å². The molecule has 0 bridgehead atoms. The molecule has 1 saturated heterocycles. The van der Waals surface area contributed by atoms with Crippen LogP contribution < -0.4 is 10.2 Å². The lowest BCUT2D eigenvalue weighted by atomic mass is 9.97. The van der Waals surface area contributed by atoms with E-state index in [0.29, 0.717) is 29.9 Å². The van der Waals surface area contributed by atoms with Crippen LogP contribution in [-0.4, -0.2) is 54.8 Å². The normalized spacial score (nSPS) is 14.2. The van der Waals surface area contributed by atoms with Crippen LogP contribution in [0, 0.1) is 6.92 Å². The molecule has 1 aliphatic rings. The first-order valence-electron chi connectivity index (χ1n) is 13.2. The van der Waals surface area contributed by atoms with E-state index in [1.165, 1.54) is 6.20 Å². The molecule has 1 aliphatic heterocycles. The van der Waals surface area contributed by atoms with Gasteiger partial charge in [0.05, 0.1) is 5.56 Å². The third kappa shape index (κ3) is 6.83. The maximum atomic E-state index is 13.7. The number of aromatic nitrogens is 1. The zero-order valence-electron chi connectivity index (χ0n) is 22.7. The van der Waals surface area contributed by atoms with Gasteiger partial charge in [0.15, 0.2) is 5.78 Å². The number of carbonyl (C=O) groups is 2. The molecule has 1 amide bonds. The van der Waals surface area contributed by atoms with E-state index in [2.05, 4.69) is 15.2 Å². The first-order chi connectivity index (χ1) is 19.6. The zero-order chi connectivity index (χ0) is 29.1. The van der Waals surface area contributed by atoms with Gasteiger partial charge < -0.3 is 15.1 Å². The number of halogens is 3. The Bertz CT molecular complexity index is 1560. The van der Waals surface area contributed by atoms with Crippen LogP contribution in [0.15, 0.2) is 72.4 Å². The molecule has 0 unspecified atom stereocenters. The number of Topliss-reactive ketones (excluding diaryl/α,β-unsaturated/α-hetero) is 1. The van der Waals surface area contributed by atoms with Gasteiger partial charge in [0.2, 0.25) is 0 Å². The highest BCUT2D eigenvalue weighted by molar-refractivity contribution is 7.13. The summed E-state index contributed by atoms with van der Waals surface area (Å²) in [5.41, 5.74) is 2.71. The molecule has 0 radical (unpaired) electrons. The predicted octanol–water partition coefficient (Wildman–Crippen LogP) is 6.57. The minimum absolute atomic E-state index is 0.0552. The van der Waals surface area contributed by atoms with E-state index < -0.39 is 17.6 Å². The Labute approximate surface area is 240 Å². The van der Waals surface area contributed by atoms with Crippen LogP contribution in [0.25, 0.3) is 10.4 Å². The summed E-state index contributed by atoms with van der Waals surface area (Å²) in [6.07, 6.45) is -1.27. The van der Waals surface area contributed by atoms with Gasteiger partial charge in [-0.3, -0.25) is 14.6 Å². The zero-order valence-corrected chi connectivity index (χ0v) is 23.5. The van der Waals surface area contributed by atoms with E-state index in [-0.39, 0.29) is 23.5 Å². The Morgan fingerprint density at radius 3 is 2.46 bits per heavy atom. The van der Waals surface area contributed by atoms with Crippen molar-refractivity contribution in [2.45, 2.75) is 19.5 Å². The number of aryl methyl sites for hydroxylation is 1. The average molecular weight is 579 g/mol. The summed E-state index contributed by atoms with van der Waals surface area (Å²) in [6.45, 7) is 4.49. The van der Waals surface area contributed by atoms with Gasteiger partial charge in [-0.25, -0.2) is 0 Å². The maximum Gasteiger partial charge on any atom is 0.416 e. The number of amides is 1. The molecule has 4 aromatic rings. The summed E-state index contributed by atoms with van der Waals surface area (Å²) in [5, 5.41) is 4.60. The second-order valence-corrected chi connectivity index (χ2v) is 11.1. The maximum absolute atomic E-state index is 13.7. The Kier molecular flexibility index (Phi) is 8.23. The minimum Gasteiger partial charge on any atom is -0.369 e. The highest BCUT2D eigenvalue weighted by atomic mass is 32.1. The molecule has 2 aromatic carbocycles. The lowest BCUT2D eigenvalue weighted by molar-refractivity contribution is -0.137. The summed E-state index contributed by atoms with van der Waals surface area (Å²) >= 11 is 1.56. The lowest BCUT2D eigenvalue weighted by Gasteiger charge is -2.34. The largest absolute Gasteiger partial charge is 0.416 e. The fraction of sp³-hybridized carbons (Fsp3) is 0.258. The van der Waals surface area contributed by atoms with Crippen molar-refractivity contribution in [1.82, 2.24) is 9.88 Å². The third-order valence-electron chi connectivity index (χ3n) is 7.20.